The molecule has 1 atom stereocenters. The fourth-order valence-electron chi connectivity index (χ4n) is 1.80. The van der Waals surface area contributed by atoms with E-state index < -0.39 is 12.3 Å². The van der Waals surface area contributed by atoms with Crippen LogP contribution in [0.1, 0.15) is 26.2 Å². The molecule has 0 radical (unpaired) electrons. The van der Waals surface area contributed by atoms with Crippen molar-refractivity contribution < 1.29 is 18.4 Å². The lowest BCUT2D eigenvalue weighted by Crippen LogP contribution is -2.40. The van der Waals surface area contributed by atoms with Crippen molar-refractivity contribution in [3.8, 4) is 0 Å². The molecule has 1 fully saturated rings. The molecule has 1 aliphatic heterocycles. The zero-order valence-electron chi connectivity index (χ0n) is 8.00. The summed E-state index contributed by atoms with van der Waals surface area (Å²) >= 11 is 0. The molecular formula is C9H13F2NO2. The summed E-state index contributed by atoms with van der Waals surface area (Å²) in [5, 5.41) is 0. The molecule has 3 nitrogen and oxygen atoms in total. The number of hydrogen-bond acceptors (Lipinski definition) is 2. The van der Waals surface area contributed by atoms with E-state index >= 15 is 0 Å². The van der Waals surface area contributed by atoms with Gasteiger partial charge in [-0.1, -0.05) is 0 Å². The van der Waals surface area contributed by atoms with E-state index in [1.807, 2.05) is 0 Å². The highest BCUT2D eigenvalue weighted by Crippen LogP contribution is 2.21. The summed E-state index contributed by atoms with van der Waals surface area (Å²) in [6.45, 7) is 1.75. The Hall–Kier alpha value is -1.00. The summed E-state index contributed by atoms with van der Waals surface area (Å²) < 4.78 is 24.2. The minimum absolute atomic E-state index is 0.0658. The van der Waals surface area contributed by atoms with E-state index in [2.05, 4.69) is 0 Å². The number of ketones is 1. The third kappa shape index (κ3) is 2.49. The Morgan fingerprint density at radius 1 is 1.50 bits per heavy atom. The molecule has 0 spiro atoms. The molecule has 0 aromatic carbocycles. The molecule has 0 saturated carbocycles. The number of nitrogens with zero attached hydrogens (tertiary/aromatic N) is 1. The largest absolute Gasteiger partial charge is 0.334 e. The maximum absolute atomic E-state index is 12.1. The van der Waals surface area contributed by atoms with Gasteiger partial charge in [0.1, 0.15) is 5.78 Å². The molecule has 1 amide bonds. The zero-order chi connectivity index (χ0) is 10.7. The standard InChI is InChI=1S/C9H13F2NO2/c1-6(13)5-7-3-2-4-12(7)9(14)8(10)11/h7-8H,2-5H2,1H3. The summed E-state index contributed by atoms with van der Waals surface area (Å²) in [6.07, 6.45) is -1.41. The molecule has 1 aliphatic rings. The van der Waals surface area contributed by atoms with Gasteiger partial charge >= 0.3 is 6.43 Å². The van der Waals surface area contributed by atoms with Gasteiger partial charge in [-0.15, -0.1) is 0 Å². The van der Waals surface area contributed by atoms with E-state index in [0.29, 0.717) is 19.4 Å². The van der Waals surface area contributed by atoms with Gasteiger partial charge in [-0.3, -0.25) is 9.59 Å². The lowest BCUT2D eigenvalue weighted by molar-refractivity contribution is -0.144. The van der Waals surface area contributed by atoms with Crippen LogP contribution in [-0.2, 0) is 9.59 Å². The van der Waals surface area contributed by atoms with E-state index in [1.165, 1.54) is 6.92 Å². The third-order valence-corrected chi connectivity index (χ3v) is 2.37. The first kappa shape index (κ1) is 11.1. The van der Waals surface area contributed by atoms with E-state index in [0.717, 1.165) is 4.90 Å². The monoisotopic (exact) mass is 205 g/mol. The number of likely N-dealkylation sites (tertiary alicyclic amines) is 1. The van der Waals surface area contributed by atoms with Crippen molar-refractivity contribution in [3.63, 3.8) is 0 Å². The molecular weight excluding hydrogens is 192 g/mol. The third-order valence-electron chi connectivity index (χ3n) is 2.37. The topological polar surface area (TPSA) is 37.4 Å². The van der Waals surface area contributed by atoms with Crippen LogP contribution < -0.4 is 0 Å². The molecule has 0 aliphatic carbocycles. The van der Waals surface area contributed by atoms with Crippen molar-refractivity contribution in [3.05, 3.63) is 0 Å². The molecule has 0 aromatic rings. The molecule has 1 heterocycles. The van der Waals surface area contributed by atoms with E-state index in [1.54, 1.807) is 0 Å². The maximum atomic E-state index is 12.1. The highest BCUT2D eigenvalue weighted by molar-refractivity contribution is 5.81. The van der Waals surface area contributed by atoms with Crippen molar-refractivity contribution in [1.82, 2.24) is 4.90 Å². The van der Waals surface area contributed by atoms with Crippen molar-refractivity contribution >= 4 is 11.7 Å². The number of halogens is 2. The second-order valence-electron chi connectivity index (χ2n) is 3.53. The first-order valence-corrected chi connectivity index (χ1v) is 4.60. The van der Waals surface area contributed by atoms with Gasteiger partial charge in [-0.05, 0) is 19.8 Å². The quantitative estimate of drug-likeness (QED) is 0.694. The molecule has 80 valence electrons. The van der Waals surface area contributed by atoms with Crippen LogP contribution in [0.5, 0.6) is 0 Å². The highest BCUT2D eigenvalue weighted by atomic mass is 19.3. The fraction of sp³-hybridized carbons (Fsp3) is 0.778. The van der Waals surface area contributed by atoms with Gasteiger partial charge in [-0.25, -0.2) is 0 Å². The van der Waals surface area contributed by atoms with Gasteiger partial charge in [0.25, 0.3) is 5.91 Å². The second kappa shape index (κ2) is 4.48. The fourth-order valence-corrected chi connectivity index (χ4v) is 1.80. The Kier molecular flexibility index (Phi) is 3.55. The Morgan fingerprint density at radius 3 is 2.64 bits per heavy atom. The molecule has 1 unspecified atom stereocenters. The van der Waals surface area contributed by atoms with E-state index in [9.17, 15) is 18.4 Å². The van der Waals surface area contributed by atoms with Crippen LogP contribution in [-0.4, -0.2) is 35.6 Å². The van der Waals surface area contributed by atoms with Crippen molar-refractivity contribution in [1.29, 1.82) is 0 Å². The smallest absolute Gasteiger partial charge is 0.315 e. The Bertz CT molecular complexity index is 243. The van der Waals surface area contributed by atoms with E-state index in [-0.39, 0.29) is 18.2 Å². The van der Waals surface area contributed by atoms with Crippen LogP contribution in [0.3, 0.4) is 0 Å². The van der Waals surface area contributed by atoms with Gasteiger partial charge in [0, 0.05) is 19.0 Å². The predicted octanol–water partition coefficient (Wildman–Crippen LogP) is 1.22. The summed E-state index contributed by atoms with van der Waals surface area (Å²) in [6, 6.07) is -0.311. The molecule has 0 aromatic heterocycles. The molecule has 1 saturated heterocycles. The molecule has 1 rings (SSSR count). The van der Waals surface area contributed by atoms with Gasteiger partial charge in [0.15, 0.2) is 0 Å². The summed E-state index contributed by atoms with van der Waals surface area (Å²) in [5.41, 5.74) is 0. The van der Waals surface area contributed by atoms with Gasteiger partial charge in [0.2, 0.25) is 0 Å². The number of amides is 1. The number of carbonyl (C=O) groups excluding carboxylic acids is 2. The number of carbonyl (C=O) groups is 2. The van der Waals surface area contributed by atoms with Crippen molar-refractivity contribution in [2.45, 2.75) is 38.7 Å². The van der Waals surface area contributed by atoms with Gasteiger partial charge < -0.3 is 4.90 Å². The number of Topliss-reactive ketones (excluding diaryl/α,β-unsaturated/α-hetero) is 1. The van der Waals surface area contributed by atoms with Crippen LogP contribution in [0.15, 0.2) is 0 Å². The lowest BCUT2D eigenvalue weighted by Gasteiger charge is -2.23. The van der Waals surface area contributed by atoms with Gasteiger partial charge in [-0.2, -0.15) is 8.78 Å². The Labute approximate surface area is 81.1 Å². The predicted molar refractivity (Wildman–Crippen MR) is 46.0 cm³/mol. The number of alkyl halides is 2. The van der Waals surface area contributed by atoms with Crippen molar-refractivity contribution in [2.24, 2.45) is 0 Å². The van der Waals surface area contributed by atoms with Crippen LogP contribution in [0.25, 0.3) is 0 Å². The first-order valence-electron chi connectivity index (χ1n) is 4.60. The van der Waals surface area contributed by atoms with E-state index in [4.69, 9.17) is 0 Å². The molecule has 14 heavy (non-hydrogen) atoms. The number of rotatable bonds is 3. The molecule has 5 heteroatoms. The maximum Gasteiger partial charge on any atom is 0.315 e. The normalized spacial score (nSPS) is 21.7. The average Bonchev–Trinajstić information content (AvgIpc) is 2.49. The Morgan fingerprint density at radius 2 is 2.14 bits per heavy atom. The SMILES string of the molecule is CC(=O)CC1CCCN1C(=O)C(F)F. The van der Waals surface area contributed by atoms with Crippen LogP contribution in [0.2, 0.25) is 0 Å². The summed E-state index contributed by atoms with van der Waals surface area (Å²) in [7, 11) is 0. The second-order valence-corrected chi connectivity index (χ2v) is 3.53. The minimum Gasteiger partial charge on any atom is -0.334 e. The summed E-state index contributed by atoms with van der Waals surface area (Å²) in [5.74, 6) is -1.21. The molecule has 0 bridgehead atoms. The zero-order valence-corrected chi connectivity index (χ0v) is 8.00. The van der Waals surface area contributed by atoms with Gasteiger partial charge in [0.05, 0.1) is 0 Å². The van der Waals surface area contributed by atoms with Crippen molar-refractivity contribution in [2.75, 3.05) is 6.54 Å². The lowest BCUT2D eigenvalue weighted by atomic mass is 10.1. The minimum atomic E-state index is -2.96. The average molecular weight is 205 g/mol. The highest BCUT2D eigenvalue weighted by Gasteiger charge is 2.33. The van der Waals surface area contributed by atoms with Crippen LogP contribution in [0.4, 0.5) is 8.78 Å². The summed E-state index contributed by atoms with van der Waals surface area (Å²) in [4.78, 5) is 22.9. The number of hydrogen-bond donors (Lipinski definition) is 0. The Balaban J connectivity index is 2.59. The first-order chi connectivity index (χ1) is 6.52. The molecule has 0 N–H and O–H groups in total. The van der Waals surface area contributed by atoms with Crippen LogP contribution in [0, 0.1) is 0 Å². The van der Waals surface area contributed by atoms with Crippen LogP contribution >= 0.6 is 0 Å².